The van der Waals surface area contributed by atoms with Crippen LogP contribution in [-0.2, 0) is 16.1 Å². The van der Waals surface area contributed by atoms with Crippen molar-refractivity contribution in [1.29, 1.82) is 0 Å². The van der Waals surface area contributed by atoms with E-state index in [9.17, 15) is 14.0 Å². The number of benzene rings is 2. The minimum absolute atomic E-state index is 0.0517. The summed E-state index contributed by atoms with van der Waals surface area (Å²) in [5.74, 6) is -0.681. The van der Waals surface area contributed by atoms with E-state index in [0.29, 0.717) is 30.1 Å². The quantitative estimate of drug-likeness (QED) is 0.919. The Morgan fingerprint density at radius 1 is 1.17 bits per heavy atom. The lowest BCUT2D eigenvalue weighted by atomic mass is 10.1. The van der Waals surface area contributed by atoms with Crippen LogP contribution in [0.3, 0.4) is 0 Å². The van der Waals surface area contributed by atoms with Gasteiger partial charge in [0.05, 0.1) is 0 Å². The van der Waals surface area contributed by atoms with Crippen molar-refractivity contribution in [3.63, 3.8) is 0 Å². The molecule has 1 unspecified atom stereocenters. The second kappa shape index (κ2) is 7.01. The van der Waals surface area contributed by atoms with Gasteiger partial charge in [-0.1, -0.05) is 23.7 Å². The molecular weight excluding hydrogens is 331 g/mol. The summed E-state index contributed by atoms with van der Waals surface area (Å²) in [6.07, 6.45) is 0.814. The highest BCUT2D eigenvalue weighted by Gasteiger charge is 2.35. The third-order valence-electron chi connectivity index (χ3n) is 4.01. The van der Waals surface area contributed by atoms with Crippen LogP contribution in [0.5, 0.6) is 0 Å². The van der Waals surface area contributed by atoms with Crippen LogP contribution in [0.2, 0.25) is 5.02 Å². The zero-order valence-corrected chi connectivity index (χ0v) is 13.6. The topological polar surface area (TPSA) is 49.4 Å². The maximum atomic E-state index is 12.9. The van der Waals surface area contributed by atoms with Gasteiger partial charge < -0.3 is 10.2 Å². The lowest BCUT2D eigenvalue weighted by molar-refractivity contribution is -0.133. The highest BCUT2D eigenvalue weighted by molar-refractivity contribution is 6.30. The SMILES string of the molecule is O=C(Nc1ccc(F)cc1)C1CCC(=O)N1Cc1ccc(Cl)cc1. The molecule has 6 heteroatoms. The minimum Gasteiger partial charge on any atom is -0.326 e. The zero-order valence-electron chi connectivity index (χ0n) is 12.8. The lowest BCUT2D eigenvalue weighted by Crippen LogP contribution is -2.41. The van der Waals surface area contributed by atoms with Crippen LogP contribution in [0.1, 0.15) is 18.4 Å². The summed E-state index contributed by atoms with van der Waals surface area (Å²) >= 11 is 5.87. The molecule has 1 fully saturated rings. The van der Waals surface area contributed by atoms with E-state index in [0.717, 1.165) is 5.56 Å². The fourth-order valence-electron chi connectivity index (χ4n) is 2.75. The molecule has 0 spiro atoms. The monoisotopic (exact) mass is 346 g/mol. The Morgan fingerprint density at radius 3 is 2.50 bits per heavy atom. The lowest BCUT2D eigenvalue weighted by Gasteiger charge is -2.24. The van der Waals surface area contributed by atoms with Crippen molar-refractivity contribution >= 4 is 29.1 Å². The van der Waals surface area contributed by atoms with Gasteiger partial charge in [0.2, 0.25) is 11.8 Å². The molecule has 0 bridgehead atoms. The van der Waals surface area contributed by atoms with Crippen molar-refractivity contribution in [3.05, 3.63) is 64.9 Å². The molecule has 1 aliphatic heterocycles. The standard InChI is InChI=1S/C18H16ClFN2O2/c19-13-3-1-12(2-4-13)11-22-16(9-10-17(22)23)18(24)21-15-7-5-14(20)6-8-15/h1-8,16H,9-11H2,(H,21,24). The summed E-state index contributed by atoms with van der Waals surface area (Å²) in [5, 5.41) is 3.36. The van der Waals surface area contributed by atoms with Gasteiger partial charge in [0.25, 0.3) is 0 Å². The van der Waals surface area contributed by atoms with Crippen molar-refractivity contribution < 1.29 is 14.0 Å². The van der Waals surface area contributed by atoms with E-state index in [2.05, 4.69) is 5.32 Å². The number of hydrogen-bond acceptors (Lipinski definition) is 2. The van der Waals surface area contributed by atoms with Gasteiger partial charge in [-0.25, -0.2) is 4.39 Å². The van der Waals surface area contributed by atoms with Gasteiger partial charge in [-0.3, -0.25) is 9.59 Å². The number of anilines is 1. The van der Waals surface area contributed by atoms with Crippen LogP contribution in [-0.4, -0.2) is 22.8 Å². The van der Waals surface area contributed by atoms with Gasteiger partial charge in [0.1, 0.15) is 11.9 Å². The molecule has 1 N–H and O–H groups in total. The molecule has 124 valence electrons. The first-order chi connectivity index (χ1) is 11.5. The van der Waals surface area contributed by atoms with Gasteiger partial charge in [0, 0.05) is 23.7 Å². The Hall–Kier alpha value is -2.40. The van der Waals surface area contributed by atoms with Crippen molar-refractivity contribution in [2.45, 2.75) is 25.4 Å². The van der Waals surface area contributed by atoms with Crippen molar-refractivity contribution in [2.24, 2.45) is 0 Å². The predicted octanol–water partition coefficient (Wildman–Crippen LogP) is 3.61. The van der Waals surface area contributed by atoms with Gasteiger partial charge in [-0.15, -0.1) is 0 Å². The van der Waals surface area contributed by atoms with E-state index in [-0.39, 0.29) is 17.6 Å². The van der Waals surface area contributed by atoms with Gasteiger partial charge in [-0.05, 0) is 48.4 Å². The summed E-state index contributed by atoms with van der Waals surface area (Å²) in [6.45, 7) is 0.359. The molecule has 2 aromatic carbocycles. The van der Waals surface area contributed by atoms with E-state index < -0.39 is 6.04 Å². The number of rotatable bonds is 4. The summed E-state index contributed by atoms with van der Waals surface area (Å²) in [5.41, 5.74) is 1.42. The molecule has 1 atom stereocenters. The molecule has 0 aromatic heterocycles. The molecule has 1 saturated heterocycles. The summed E-state index contributed by atoms with van der Waals surface area (Å²) < 4.78 is 12.9. The first-order valence-corrected chi connectivity index (χ1v) is 8.01. The highest BCUT2D eigenvalue weighted by atomic mass is 35.5. The molecule has 1 aliphatic rings. The van der Waals surface area contributed by atoms with Crippen LogP contribution < -0.4 is 5.32 Å². The highest BCUT2D eigenvalue weighted by Crippen LogP contribution is 2.23. The fraction of sp³-hybridized carbons (Fsp3) is 0.222. The Balaban J connectivity index is 1.70. The van der Waals surface area contributed by atoms with Crippen LogP contribution in [0.15, 0.2) is 48.5 Å². The Morgan fingerprint density at radius 2 is 1.83 bits per heavy atom. The van der Waals surface area contributed by atoms with Crippen LogP contribution in [0.4, 0.5) is 10.1 Å². The molecule has 0 aliphatic carbocycles. The number of likely N-dealkylation sites (tertiary alicyclic amines) is 1. The number of halogens is 2. The molecule has 0 saturated carbocycles. The number of nitrogens with zero attached hydrogens (tertiary/aromatic N) is 1. The maximum absolute atomic E-state index is 12.9. The second-order valence-corrected chi connectivity index (χ2v) is 6.14. The molecule has 2 amide bonds. The van der Waals surface area contributed by atoms with E-state index >= 15 is 0 Å². The average Bonchev–Trinajstić information content (AvgIpc) is 2.93. The van der Waals surface area contributed by atoms with E-state index in [4.69, 9.17) is 11.6 Å². The predicted molar refractivity (Wildman–Crippen MR) is 90.1 cm³/mol. The Kier molecular flexibility index (Phi) is 4.81. The summed E-state index contributed by atoms with van der Waals surface area (Å²) in [6, 6.07) is 12.2. The number of carbonyl (C=O) groups excluding carboxylic acids is 2. The second-order valence-electron chi connectivity index (χ2n) is 5.70. The zero-order chi connectivity index (χ0) is 17.1. The first-order valence-electron chi connectivity index (χ1n) is 7.63. The van der Waals surface area contributed by atoms with E-state index in [1.54, 1.807) is 17.0 Å². The Labute approximate surface area is 144 Å². The smallest absolute Gasteiger partial charge is 0.247 e. The minimum atomic E-state index is -0.529. The first kappa shape index (κ1) is 16.5. The largest absolute Gasteiger partial charge is 0.326 e. The van der Waals surface area contributed by atoms with Crippen molar-refractivity contribution in [3.8, 4) is 0 Å². The Bertz CT molecular complexity index is 747. The van der Waals surface area contributed by atoms with Crippen molar-refractivity contribution in [2.75, 3.05) is 5.32 Å². The number of hydrogen-bond donors (Lipinski definition) is 1. The van der Waals surface area contributed by atoms with Crippen LogP contribution in [0.25, 0.3) is 0 Å². The normalized spacial score (nSPS) is 17.2. The third kappa shape index (κ3) is 3.74. The number of carbonyl (C=O) groups is 2. The maximum Gasteiger partial charge on any atom is 0.247 e. The summed E-state index contributed by atoms with van der Waals surface area (Å²) in [7, 11) is 0. The molecule has 4 nitrogen and oxygen atoms in total. The number of amides is 2. The number of nitrogens with one attached hydrogen (secondary N) is 1. The fourth-order valence-corrected chi connectivity index (χ4v) is 2.88. The summed E-state index contributed by atoms with van der Waals surface area (Å²) in [4.78, 5) is 26.2. The molecule has 1 heterocycles. The van der Waals surface area contributed by atoms with Crippen LogP contribution in [0, 0.1) is 5.82 Å². The van der Waals surface area contributed by atoms with E-state index in [1.165, 1.54) is 24.3 Å². The van der Waals surface area contributed by atoms with Crippen LogP contribution >= 0.6 is 11.6 Å². The molecule has 2 aromatic rings. The molecule has 24 heavy (non-hydrogen) atoms. The molecule has 3 rings (SSSR count). The molecule has 0 radical (unpaired) electrons. The average molecular weight is 347 g/mol. The van der Waals surface area contributed by atoms with Gasteiger partial charge in [0.15, 0.2) is 0 Å². The molecular formula is C18H16ClFN2O2. The van der Waals surface area contributed by atoms with Crippen molar-refractivity contribution in [1.82, 2.24) is 4.90 Å². The third-order valence-corrected chi connectivity index (χ3v) is 4.26. The van der Waals surface area contributed by atoms with Gasteiger partial charge in [-0.2, -0.15) is 0 Å². The van der Waals surface area contributed by atoms with E-state index in [1.807, 2.05) is 12.1 Å². The van der Waals surface area contributed by atoms with Gasteiger partial charge >= 0.3 is 0 Å².